The van der Waals surface area contributed by atoms with Gasteiger partial charge in [0.1, 0.15) is 5.82 Å². The molecule has 0 bridgehead atoms. The molecule has 0 saturated carbocycles. The predicted molar refractivity (Wildman–Crippen MR) is 97.7 cm³/mol. The van der Waals surface area contributed by atoms with Crippen molar-refractivity contribution in [3.63, 3.8) is 0 Å². The minimum absolute atomic E-state index is 0.0694. The molecule has 0 unspecified atom stereocenters. The normalized spacial score (nSPS) is 17.2. The summed E-state index contributed by atoms with van der Waals surface area (Å²) in [5.41, 5.74) is 1.70. The van der Waals surface area contributed by atoms with Gasteiger partial charge in [-0.15, -0.1) is 0 Å². The van der Waals surface area contributed by atoms with Gasteiger partial charge in [-0.25, -0.2) is 4.98 Å². The van der Waals surface area contributed by atoms with E-state index in [0.29, 0.717) is 18.7 Å². The molecule has 0 aromatic carbocycles. The summed E-state index contributed by atoms with van der Waals surface area (Å²) in [6.07, 6.45) is 11.0. The van der Waals surface area contributed by atoms with E-state index in [1.807, 2.05) is 41.7 Å². The Morgan fingerprint density at radius 3 is 2.77 bits per heavy atom. The van der Waals surface area contributed by atoms with Gasteiger partial charge in [0.15, 0.2) is 0 Å². The van der Waals surface area contributed by atoms with Gasteiger partial charge >= 0.3 is 0 Å². The number of aromatic nitrogens is 4. The van der Waals surface area contributed by atoms with Gasteiger partial charge < -0.3 is 9.47 Å². The van der Waals surface area contributed by atoms with Crippen LogP contribution in [0.2, 0.25) is 0 Å². The minimum atomic E-state index is 0.0694. The van der Waals surface area contributed by atoms with Crippen molar-refractivity contribution in [2.75, 3.05) is 13.1 Å². The van der Waals surface area contributed by atoms with Crippen LogP contribution in [0.1, 0.15) is 40.6 Å². The number of rotatable bonds is 4. The second-order valence-electron chi connectivity index (χ2n) is 6.56. The van der Waals surface area contributed by atoms with E-state index in [4.69, 9.17) is 0 Å². The van der Waals surface area contributed by atoms with Crippen molar-refractivity contribution in [3.05, 3.63) is 78.4 Å². The van der Waals surface area contributed by atoms with E-state index in [0.717, 1.165) is 30.9 Å². The number of hydrogen-bond acceptors (Lipinski definition) is 4. The number of amides is 1. The second kappa shape index (κ2) is 7.47. The Bertz CT molecular complexity index is 862. The molecule has 132 valence electrons. The molecular weight excluding hydrogens is 326 g/mol. The van der Waals surface area contributed by atoms with Gasteiger partial charge in [0, 0.05) is 55.6 Å². The van der Waals surface area contributed by atoms with Gasteiger partial charge in [-0.05, 0) is 37.1 Å². The van der Waals surface area contributed by atoms with Crippen LogP contribution >= 0.6 is 0 Å². The van der Waals surface area contributed by atoms with Crippen LogP contribution in [0.15, 0.2) is 61.3 Å². The number of piperidine rings is 1. The molecule has 0 N–H and O–H groups in total. The maximum Gasteiger partial charge on any atom is 0.253 e. The molecule has 0 aliphatic carbocycles. The van der Waals surface area contributed by atoms with E-state index >= 15 is 0 Å². The Labute approximate surface area is 152 Å². The first kappa shape index (κ1) is 16.4. The van der Waals surface area contributed by atoms with Crippen molar-refractivity contribution in [3.8, 4) is 0 Å². The summed E-state index contributed by atoms with van der Waals surface area (Å²) in [4.78, 5) is 27.7. The number of pyridine rings is 2. The number of likely N-dealkylation sites (tertiary alicyclic amines) is 1. The monoisotopic (exact) mass is 347 g/mol. The number of carbonyl (C=O) groups excluding carboxylic acids is 1. The van der Waals surface area contributed by atoms with Gasteiger partial charge in [0.2, 0.25) is 0 Å². The third-order valence-electron chi connectivity index (χ3n) is 4.81. The lowest BCUT2D eigenvalue weighted by Gasteiger charge is -2.32. The Balaban J connectivity index is 1.50. The lowest BCUT2D eigenvalue weighted by molar-refractivity contribution is 0.0703. The third-order valence-corrected chi connectivity index (χ3v) is 4.81. The Morgan fingerprint density at radius 2 is 1.96 bits per heavy atom. The molecule has 6 heteroatoms. The molecule has 4 heterocycles. The number of imidazole rings is 1. The fourth-order valence-corrected chi connectivity index (χ4v) is 3.53. The summed E-state index contributed by atoms with van der Waals surface area (Å²) in [6.45, 7) is 2.18. The molecule has 1 atom stereocenters. The summed E-state index contributed by atoms with van der Waals surface area (Å²) < 4.78 is 2.15. The first-order valence-corrected chi connectivity index (χ1v) is 8.91. The summed E-state index contributed by atoms with van der Waals surface area (Å²) in [6, 6.07) is 9.47. The summed E-state index contributed by atoms with van der Waals surface area (Å²) in [5.74, 6) is 1.34. The van der Waals surface area contributed by atoms with Crippen molar-refractivity contribution in [1.29, 1.82) is 0 Å². The first-order chi connectivity index (χ1) is 12.8. The maximum atomic E-state index is 12.8. The topological polar surface area (TPSA) is 63.9 Å². The SMILES string of the molecule is O=C(c1ccncc1)N1CCC[C@H](c2nccn2Cc2ccccn2)C1. The average Bonchev–Trinajstić information content (AvgIpc) is 3.17. The molecule has 1 aliphatic rings. The highest BCUT2D eigenvalue weighted by molar-refractivity contribution is 5.94. The molecule has 26 heavy (non-hydrogen) atoms. The second-order valence-corrected chi connectivity index (χ2v) is 6.56. The van der Waals surface area contributed by atoms with Crippen molar-refractivity contribution in [2.45, 2.75) is 25.3 Å². The fourth-order valence-electron chi connectivity index (χ4n) is 3.53. The van der Waals surface area contributed by atoms with Crippen molar-refractivity contribution >= 4 is 5.91 Å². The molecule has 0 spiro atoms. The standard InChI is InChI=1S/C20H21N5O/c26-20(16-6-9-21-10-7-16)25-12-3-4-17(14-25)19-23-11-13-24(19)15-18-5-1-2-8-22-18/h1-2,5-11,13,17H,3-4,12,14-15H2/t17-/m0/s1. The lowest BCUT2D eigenvalue weighted by Crippen LogP contribution is -2.39. The highest BCUT2D eigenvalue weighted by atomic mass is 16.2. The highest BCUT2D eigenvalue weighted by Crippen LogP contribution is 2.27. The van der Waals surface area contributed by atoms with Crippen molar-refractivity contribution in [1.82, 2.24) is 24.4 Å². The number of nitrogens with zero attached hydrogens (tertiary/aromatic N) is 5. The molecule has 1 saturated heterocycles. The van der Waals surface area contributed by atoms with Gasteiger partial charge in [-0.2, -0.15) is 0 Å². The van der Waals surface area contributed by atoms with E-state index in [1.54, 1.807) is 24.5 Å². The van der Waals surface area contributed by atoms with E-state index < -0.39 is 0 Å². The number of hydrogen-bond donors (Lipinski definition) is 0. The van der Waals surface area contributed by atoms with Crippen molar-refractivity contribution < 1.29 is 4.79 Å². The minimum Gasteiger partial charge on any atom is -0.338 e. The molecule has 1 aliphatic heterocycles. The van der Waals surface area contributed by atoms with E-state index in [2.05, 4.69) is 19.5 Å². The molecule has 3 aromatic heterocycles. The summed E-state index contributed by atoms with van der Waals surface area (Å²) in [7, 11) is 0. The van der Waals surface area contributed by atoms with Crippen LogP contribution in [-0.4, -0.2) is 43.4 Å². The third kappa shape index (κ3) is 3.49. The quantitative estimate of drug-likeness (QED) is 0.728. The van der Waals surface area contributed by atoms with Crippen LogP contribution in [0, 0.1) is 0 Å². The van der Waals surface area contributed by atoms with Gasteiger partial charge in [0.25, 0.3) is 5.91 Å². The van der Waals surface area contributed by atoms with Crippen LogP contribution in [-0.2, 0) is 6.54 Å². The predicted octanol–water partition coefficient (Wildman–Crippen LogP) is 2.74. The summed E-state index contributed by atoms with van der Waals surface area (Å²) >= 11 is 0. The van der Waals surface area contributed by atoms with Crippen LogP contribution < -0.4 is 0 Å². The van der Waals surface area contributed by atoms with E-state index in [1.165, 1.54) is 0 Å². The first-order valence-electron chi connectivity index (χ1n) is 8.91. The fraction of sp³-hybridized carbons (Fsp3) is 0.300. The van der Waals surface area contributed by atoms with E-state index in [9.17, 15) is 4.79 Å². The maximum absolute atomic E-state index is 12.8. The molecule has 0 radical (unpaired) electrons. The summed E-state index contributed by atoms with van der Waals surface area (Å²) in [5, 5.41) is 0. The smallest absolute Gasteiger partial charge is 0.253 e. The largest absolute Gasteiger partial charge is 0.338 e. The molecule has 1 fully saturated rings. The van der Waals surface area contributed by atoms with Crippen molar-refractivity contribution in [2.24, 2.45) is 0 Å². The van der Waals surface area contributed by atoms with E-state index in [-0.39, 0.29) is 11.8 Å². The lowest BCUT2D eigenvalue weighted by atomic mass is 9.96. The molecule has 1 amide bonds. The highest BCUT2D eigenvalue weighted by Gasteiger charge is 2.28. The zero-order valence-corrected chi connectivity index (χ0v) is 14.5. The Morgan fingerprint density at radius 1 is 1.08 bits per heavy atom. The zero-order chi connectivity index (χ0) is 17.8. The Kier molecular flexibility index (Phi) is 4.73. The molecule has 6 nitrogen and oxygen atoms in total. The zero-order valence-electron chi connectivity index (χ0n) is 14.5. The molecule has 4 rings (SSSR count). The van der Waals surface area contributed by atoms with Crippen LogP contribution in [0.5, 0.6) is 0 Å². The van der Waals surface area contributed by atoms with Gasteiger partial charge in [-0.1, -0.05) is 6.07 Å². The van der Waals surface area contributed by atoms with Crippen LogP contribution in [0.3, 0.4) is 0 Å². The van der Waals surface area contributed by atoms with Crippen LogP contribution in [0.4, 0.5) is 0 Å². The average molecular weight is 347 g/mol. The Hall–Kier alpha value is -3.02. The number of carbonyl (C=O) groups is 1. The van der Waals surface area contributed by atoms with Gasteiger partial charge in [0.05, 0.1) is 12.2 Å². The van der Waals surface area contributed by atoms with Crippen LogP contribution in [0.25, 0.3) is 0 Å². The molecule has 3 aromatic rings. The molecular formula is C20H21N5O. The van der Waals surface area contributed by atoms with Gasteiger partial charge in [-0.3, -0.25) is 14.8 Å².